The molecule has 0 saturated carbocycles. The molecule has 10 nitrogen and oxygen atoms in total. The Bertz CT molecular complexity index is 1350. The van der Waals surface area contributed by atoms with Gasteiger partial charge in [-0.05, 0) is 65.5 Å². The van der Waals surface area contributed by atoms with Crippen LogP contribution in [0.5, 0.6) is 11.6 Å². The fourth-order valence-corrected chi connectivity index (χ4v) is 5.40. The van der Waals surface area contributed by atoms with Crippen molar-refractivity contribution in [3.05, 3.63) is 64.0 Å². The quantitative estimate of drug-likeness (QED) is 0.472. The molecule has 4 rings (SSSR count). The van der Waals surface area contributed by atoms with Crippen molar-refractivity contribution in [1.82, 2.24) is 19.5 Å². The summed E-state index contributed by atoms with van der Waals surface area (Å²) in [5.74, 6) is -0.388. The fraction of sp³-hybridized carbons (Fsp3) is 0.238. The predicted octanol–water partition coefficient (Wildman–Crippen LogP) is 3.15. The van der Waals surface area contributed by atoms with Crippen molar-refractivity contribution >= 4 is 31.9 Å². The maximum Gasteiger partial charge on any atom is 0.325 e. The molecule has 0 amide bonds. The molecule has 2 heterocycles. The van der Waals surface area contributed by atoms with Crippen LogP contribution in [0.25, 0.3) is 0 Å². The highest BCUT2D eigenvalue weighted by Crippen LogP contribution is 2.33. The van der Waals surface area contributed by atoms with Crippen LogP contribution in [0.2, 0.25) is 0 Å². The van der Waals surface area contributed by atoms with Gasteiger partial charge in [-0.15, -0.1) is 0 Å². The minimum Gasteiger partial charge on any atom is -0.480 e. The number of sulfonamides is 1. The van der Waals surface area contributed by atoms with E-state index in [1.54, 1.807) is 24.3 Å². The molecule has 33 heavy (non-hydrogen) atoms. The van der Waals surface area contributed by atoms with Crippen molar-refractivity contribution in [3.63, 3.8) is 0 Å². The molecule has 1 unspecified atom stereocenters. The molecular formula is C21H18BrN5O5S. The number of pyridine rings is 1. The summed E-state index contributed by atoms with van der Waals surface area (Å²) in [6, 6.07) is 9.32. The van der Waals surface area contributed by atoms with Crippen molar-refractivity contribution in [1.29, 1.82) is 5.26 Å². The number of aromatic nitrogens is 3. The van der Waals surface area contributed by atoms with Gasteiger partial charge in [-0.1, -0.05) is 0 Å². The molecule has 1 atom stereocenters. The Morgan fingerprint density at radius 3 is 2.76 bits per heavy atom. The monoisotopic (exact) mass is 531 g/mol. The Morgan fingerprint density at radius 1 is 1.33 bits per heavy atom. The summed E-state index contributed by atoms with van der Waals surface area (Å²) in [6.45, 7) is -0.271. The third kappa shape index (κ3) is 5.05. The van der Waals surface area contributed by atoms with Gasteiger partial charge in [-0.3, -0.25) is 9.48 Å². The lowest BCUT2D eigenvalue weighted by molar-refractivity contribution is -0.137. The molecule has 0 radical (unpaired) electrons. The van der Waals surface area contributed by atoms with Gasteiger partial charge in [-0.25, -0.2) is 18.1 Å². The number of aliphatic carboxylic acids is 1. The molecule has 3 aromatic rings. The zero-order valence-corrected chi connectivity index (χ0v) is 19.5. The molecule has 1 aromatic carbocycles. The summed E-state index contributed by atoms with van der Waals surface area (Å²) in [5.41, 5.74) is 1.89. The minimum atomic E-state index is -3.92. The maximum absolute atomic E-state index is 13.0. The Labute approximate surface area is 198 Å². The fourth-order valence-electron chi connectivity index (χ4n) is 3.60. The normalized spacial score (nSPS) is 15.5. The lowest BCUT2D eigenvalue weighted by Gasteiger charge is -2.24. The summed E-state index contributed by atoms with van der Waals surface area (Å²) in [5, 5.41) is 22.0. The summed E-state index contributed by atoms with van der Waals surface area (Å²) in [6.07, 6.45) is 4.62. The van der Waals surface area contributed by atoms with Crippen molar-refractivity contribution in [2.45, 2.75) is 36.7 Å². The summed E-state index contributed by atoms with van der Waals surface area (Å²) in [4.78, 5) is 15.1. The topological polar surface area (TPSA) is 147 Å². The Morgan fingerprint density at radius 2 is 2.09 bits per heavy atom. The van der Waals surface area contributed by atoms with Crippen LogP contribution < -0.4 is 9.46 Å². The first-order valence-electron chi connectivity index (χ1n) is 9.89. The van der Waals surface area contributed by atoms with Crippen LogP contribution in [-0.2, 0) is 27.8 Å². The summed E-state index contributed by atoms with van der Waals surface area (Å²) >= 11 is 3.30. The molecule has 2 aromatic heterocycles. The SMILES string of the molecule is N#Cc1ccc(Oc2ncc(S(=O)(=O)NC3CCCc4c3cnn4CC(=O)O)cc2Br)cc1. The molecule has 0 saturated heterocycles. The largest absolute Gasteiger partial charge is 0.480 e. The van der Waals surface area contributed by atoms with E-state index in [2.05, 4.69) is 30.7 Å². The van der Waals surface area contributed by atoms with E-state index in [-0.39, 0.29) is 17.3 Å². The highest BCUT2D eigenvalue weighted by molar-refractivity contribution is 9.10. The molecule has 0 aliphatic heterocycles. The zero-order valence-electron chi connectivity index (χ0n) is 17.1. The number of fused-ring (bicyclic) bond motifs is 1. The lowest BCUT2D eigenvalue weighted by Crippen LogP contribution is -2.31. The molecule has 1 aliphatic rings. The number of ether oxygens (including phenoxy) is 1. The number of carboxylic acids is 1. The second-order valence-corrected chi connectivity index (χ2v) is 9.93. The van der Waals surface area contributed by atoms with Crippen LogP contribution in [-0.4, -0.2) is 34.3 Å². The van der Waals surface area contributed by atoms with Gasteiger partial charge in [0, 0.05) is 11.3 Å². The van der Waals surface area contributed by atoms with Gasteiger partial charge in [0.05, 0.1) is 34.5 Å². The number of hydrogen-bond donors (Lipinski definition) is 2. The van der Waals surface area contributed by atoms with E-state index >= 15 is 0 Å². The average molecular weight is 532 g/mol. The van der Waals surface area contributed by atoms with Gasteiger partial charge in [-0.2, -0.15) is 10.4 Å². The number of halogens is 1. The molecular weight excluding hydrogens is 514 g/mol. The molecule has 0 fully saturated rings. The van der Waals surface area contributed by atoms with E-state index in [4.69, 9.17) is 15.1 Å². The standard InChI is InChI=1S/C21H18BrN5O5S/c22-17-8-15(10-24-21(17)32-14-6-4-13(9-23)5-7-14)33(30,31)26-18-2-1-3-19-16(18)11-25-27(19)12-20(28)29/h4-8,10-11,18,26H,1-3,12H2,(H,28,29). The van der Waals surface area contributed by atoms with Crippen molar-refractivity contribution in [3.8, 4) is 17.7 Å². The van der Waals surface area contributed by atoms with Gasteiger partial charge in [0.25, 0.3) is 0 Å². The Balaban J connectivity index is 1.52. The third-order valence-corrected chi connectivity index (χ3v) is 7.14. The second-order valence-electron chi connectivity index (χ2n) is 7.36. The van der Waals surface area contributed by atoms with Crippen LogP contribution in [0.15, 0.2) is 52.1 Å². The van der Waals surface area contributed by atoms with E-state index in [1.807, 2.05) is 6.07 Å². The van der Waals surface area contributed by atoms with E-state index in [9.17, 15) is 13.2 Å². The molecule has 0 spiro atoms. The van der Waals surface area contributed by atoms with Crippen LogP contribution >= 0.6 is 15.9 Å². The number of carboxylic acid groups (broad SMARTS) is 1. The number of benzene rings is 1. The van der Waals surface area contributed by atoms with Crippen molar-refractivity contribution in [2.75, 3.05) is 0 Å². The molecule has 12 heteroatoms. The van der Waals surface area contributed by atoms with E-state index in [0.29, 0.717) is 40.6 Å². The molecule has 170 valence electrons. The molecule has 2 N–H and O–H groups in total. The number of carbonyl (C=O) groups is 1. The first-order chi connectivity index (χ1) is 15.8. The second kappa shape index (κ2) is 9.30. The highest BCUT2D eigenvalue weighted by atomic mass is 79.9. The van der Waals surface area contributed by atoms with Crippen LogP contribution in [0, 0.1) is 11.3 Å². The zero-order chi connectivity index (χ0) is 23.6. The summed E-state index contributed by atoms with van der Waals surface area (Å²) in [7, 11) is -3.92. The first-order valence-corrected chi connectivity index (χ1v) is 12.2. The van der Waals surface area contributed by atoms with Gasteiger partial charge < -0.3 is 9.84 Å². The number of nitriles is 1. The lowest BCUT2D eigenvalue weighted by atomic mass is 9.94. The van der Waals surface area contributed by atoms with Gasteiger partial charge in [0.2, 0.25) is 15.9 Å². The van der Waals surface area contributed by atoms with Gasteiger partial charge in [0.15, 0.2) is 0 Å². The minimum absolute atomic E-state index is 0.0494. The molecule has 1 aliphatic carbocycles. The first kappa shape index (κ1) is 22.9. The third-order valence-electron chi connectivity index (χ3n) is 5.14. The van der Waals surface area contributed by atoms with Crippen LogP contribution in [0.3, 0.4) is 0 Å². The average Bonchev–Trinajstić information content (AvgIpc) is 3.18. The van der Waals surface area contributed by atoms with E-state index in [0.717, 1.165) is 5.69 Å². The van der Waals surface area contributed by atoms with Crippen molar-refractivity contribution < 1.29 is 23.1 Å². The smallest absolute Gasteiger partial charge is 0.325 e. The van der Waals surface area contributed by atoms with Crippen LogP contribution in [0.1, 0.15) is 35.7 Å². The van der Waals surface area contributed by atoms with Gasteiger partial charge in [0.1, 0.15) is 17.2 Å². The Kier molecular flexibility index (Phi) is 6.46. The van der Waals surface area contributed by atoms with E-state index in [1.165, 1.54) is 23.1 Å². The number of nitrogens with zero attached hydrogens (tertiary/aromatic N) is 4. The highest BCUT2D eigenvalue weighted by Gasteiger charge is 2.29. The summed E-state index contributed by atoms with van der Waals surface area (Å²) < 4.78 is 36.1. The van der Waals surface area contributed by atoms with Crippen molar-refractivity contribution in [2.24, 2.45) is 0 Å². The Hall–Kier alpha value is -3.27. The van der Waals surface area contributed by atoms with Gasteiger partial charge >= 0.3 is 5.97 Å². The number of rotatable bonds is 7. The maximum atomic E-state index is 13.0. The predicted molar refractivity (Wildman–Crippen MR) is 119 cm³/mol. The number of hydrogen-bond acceptors (Lipinski definition) is 7. The number of nitrogens with one attached hydrogen (secondary N) is 1. The van der Waals surface area contributed by atoms with E-state index < -0.39 is 22.0 Å². The van der Waals surface area contributed by atoms with Crippen LogP contribution in [0.4, 0.5) is 0 Å². The molecule has 0 bridgehead atoms.